The van der Waals surface area contributed by atoms with Crippen LogP contribution in [-0.4, -0.2) is 60.6 Å². The molecule has 2 N–H and O–H groups in total. The summed E-state index contributed by atoms with van der Waals surface area (Å²) in [6.07, 6.45) is -0.0593. The Hall–Kier alpha value is -0.850. The molecule has 2 rings (SSSR count). The lowest BCUT2D eigenvalue weighted by molar-refractivity contribution is -0.134. The van der Waals surface area contributed by atoms with Gasteiger partial charge < -0.3 is 20.3 Å². The van der Waals surface area contributed by atoms with Crippen LogP contribution in [0.5, 0.6) is 0 Å². The molecule has 2 saturated heterocycles. The summed E-state index contributed by atoms with van der Waals surface area (Å²) in [7, 11) is 0. The number of hydrogen-bond acceptors (Lipinski definition) is 4. The van der Waals surface area contributed by atoms with E-state index >= 15 is 0 Å². The lowest BCUT2D eigenvalue weighted by atomic mass is 10.1. The van der Waals surface area contributed by atoms with E-state index in [4.69, 9.17) is 4.74 Å². The molecule has 0 aromatic carbocycles. The fourth-order valence-corrected chi connectivity index (χ4v) is 2.48. The van der Waals surface area contributed by atoms with Crippen molar-refractivity contribution in [2.45, 2.75) is 44.9 Å². The molecular formula is C13H24ClN3O3. The van der Waals surface area contributed by atoms with Crippen molar-refractivity contribution in [2.24, 2.45) is 0 Å². The molecule has 2 aliphatic heterocycles. The first kappa shape index (κ1) is 17.2. The average Bonchev–Trinajstić information content (AvgIpc) is 2.71. The van der Waals surface area contributed by atoms with Crippen LogP contribution in [0.2, 0.25) is 0 Å². The summed E-state index contributed by atoms with van der Waals surface area (Å²) in [5.41, 5.74) is -0.195. The van der Waals surface area contributed by atoms with Crippen molar-refractivity contribution in [3.05, 3.63) is 0 Å². The Morgan fingerprint density at radius 2 is 2.15 bits per heavy atom. The van der Waals surface area contributed by atoms with Gasteiger partial charge in [-0.2, -0.15) is 0 Å². The average molecular weight is 306 g/mol. The van der Waals surface area contributed by atoms with Gasteiger partial charge in [-0.25, -0.2) is 0 Å². The third-order valence-corrected chi connectivity index (χ3v) is 3.50. The molecule has 2 aliphatic rings. The summed E-state index contributed by atoms with van der Waals surface area (Å²) in [6, 6.07) is -0.107. The van der Waals surface area contributed by atoms with E-state index in [9.17, 15) is 9.59 Å². The molecule has 0 bridgehead atoms. The first-order valence-corrected chi connectivity index (χ1v) is 6.81. The van der Waals surface area contributed by atoms with Crippen LogP contribution in [0.1, 0.15) is 27.2 Å². The molecule has 2 amide bonds. The molecule has 0 aliphatic carbocycles. The molecule has 0 spiro atoms. The fraction of sp³-hybridized carbons (Fsp3) is 0.846. The predicted octanol–water partition coefficient (Wildman–Crippen LogP) is -0.0878. The molecule has 0 aromatic heterocycles. The van der Waals surface area contributed by atoms with Crippen LogP contribution in [0.3, 0.4) is 0 Å². The van der Waals surface area contributed by atoms with Crippen LogP contribution in [-0.2, 0) is 14.3 Å². The van der Waals surface area contributed by atoms with Gasteiger partial charge in [0.2, 0.25) is 5.91 Å². The molecule has 0 saturated carbocycles. The topological polar surface area (TPSA) is 70.7 Å². The summed E-state index contributed by atoms with van der Waals surface area (Å²) in [6.45, 7) is 8.46. The summed E-state index contributed by atoms with van der Waals surface area (Å²) < 4.78 is 5.40. The highest BCUT2D eigenvalue weighted by Crippen LogP contribution is 2.21. The van der Waals surface area contributed by atoms with Gasteiger partial charge in [-0.3, -0.25) is 9.59 Å². The van der Waals surface area contributed by atoms with Gasteiger partial charge in [0.1, 0.15) is 6.10 Å². The van der Waals surface area contributed by atoms with Gasteiger partial charge in [0, 0.05) is 31.6 Å². The lowest BCUT2D eigenvalue weighted by Gasteiger charge is -2.32. The number of likely N-dealkylation sites (tertiary alicyclic amines) is 1. The first-order valence-electron chi connectivity index (χ1n) is 6.81. The van der Waals surface area contributed by atoms with Crippen molar-refractivity contribution < 1.29 is 14.3 Å². The molecule has 2 fully saturated rings. The van der Waals surface area contributed by atoms with Gasteiger partial charge in [-0.1, -0.05) is 0 Å². The molecule has 2 unspecified atom stereocenters. The molecule has 0 radical (unpaired) electrons. The number of nitrogens with zero attached hydrogens (tertiary/aromatic N) is 1. The molecule has 116 valence electrons. The summed E-state index contributed by atoms with van der Waals surface area (Å²) in [5, 5.41) is 6.03. The maximum Gasteiger partial charge on any atom is 0.250 e. The van der Waals surface area contributed by atoms with Gasteiger partial charge in [-0.05, 0) is 20.8 Å². The van der Waals surface area contributed by atoms with E-state index in [1.54, 1.807) is 0 Å². The number of hydrogen-bond donors (Lipinski definition) is 2. The van der Waals surface area contributed by atoms with Crippen molar-refractivity contribution in [1.82, 2.24) is 15.5 Å². The van der Waals surface area contributed by atoms with E-state index in [1.807, 2.05) is 25.7 Å². The van der Waals surface area contributed by atoms with Crippen LogP contribution in [0.25, 0.3) is 0 Å². The van der Waals surface area contributed by atoms with E-state index in [0.29, 0.717) is 26.1 Å². The van der Waals surface area contributed by atoms with E-state index < -0.39 is 6.10 Å². The predicted molar refractivity (Wildman–Crippen MR) is 77.9 cm³/mol. The molecule has 2 heterocycles. The summed E-state index contributed by atoms with van der Waals surface area (Å²) in [5.74, 6) is -0.0266. The number of carbonyl (C=O) groups is 2. The Bertz CT molecular complexity index is 364. The van der Waals surface area contributed by atoms with Crippen LogP contribution in [0, 0.1) is 0 Å². The fourth-order valence-electron chi connectivity index (χ4n) is 2.48. The molecule has 2 atom stereocenters. The molecule has 7 heteroatoms. The van der Waals surface area contributed by atoms with E-state index in [0.717, 1.165) is 6.54 Å². The monoisotopic (exact) mass is 305 g/mol. The minimum Gasteiger partial charge on any atom is -0.366 e. The number of nitrogens with one attached hydrogen (secondary N) is 2. The Kier molecular flexibility index (Phi) is 5.79. The van der Waals surface area contributed by atoms with Gasteiger partial charge >= 0.3 is 0 Å². The lowest BCUT2D eigenvalue weighted by Crippen LogP contribution is -2.51. The number of halogens is 1. The van der Waals surface area contributed by atoms with Crippen molar-refractivity contribution in [3.8, 4) is 0 Å². The quantitative estimate of drug-likeness (QED) is 0.748. The highest BCUT2D eigenvalue weighted by atomic mass is 35.5. The minimum absolute atomic E-state index is 0. The van der Waals surface area contributed by atoms with Crippen LogP contribution in [0.15, 0.2) is 0 Å². The second-order valence-electron chi connectivity index (χ2n) is 6.15. The van der Waals surface area contributed by atoms with Crippen LogP contribution in [0.4, 0.5) is 0 Å². The number of ether oxygens (including phenoxy) is 1. The Balaban J connectivity index is 0.00000200. The summed E-state index contributed by atoms with van der Waals surface area (Å²) in [4.78, 5) is 25.7. The number of carbonyl (C=O) groups excluding carboxylic acids is 2. The van der Waals surface area contributed by atoms with E-state index in [1.165, 1.54) is 0 Å². The van der Waals surface area contributed by atoms with Crippen molar-refractivity contribution in [2.75, 3.05) is 26.2 Å². The highest BCUT2D eigenvalue weighted by molar-refractivity contribution is 5.85. The van der Waals surface area contributed by atoms with Crippen LogP contribution < -0.4 is 10.6 Å². The van der Waals surface area contributed by atoms with Crippen molar-refractivity contribution in [1.29, 1.82) is 0 Å². The smallest absolute Gasteiger partial charge is 0.250 e. The Morgan fingerprint density at radius 3 is 2.65 bits per heavy atom. The second kappa shape index (κ2) is 6.74. The van der Waals surface area contributed by atoms with E-state index in [-0.39, 0.29) is 35.8 Å². The number of rotatable bonds is 2. The zero-order valence-electron chi connectivity index (χ0n) is 12.3. The van der Waals surface area contributed by atoms with Gasteiger partial charge in [-0.15, -0.1) is 12.4 Å². The molecule has 6 nitrogen and oxygen atoms in total. The third-order valence-electron chi connectivity index (χ3n) is 3.50. The van der Waals surface area contributed by atoms with Gasteiger partial charge in [0.05, 0.1) is 12.6 Å². The zero-order chi connectivity index (χ0) is 14.0. The third kappa shape index (κ3) is 4.07. The van der Waals surface area contributed by atoms with E-state index in [2.05, 4.69) is 10.6 Å². The van der Waals surface area contributed by atoms with Crippen molar-refractivity contribution in [3.63, 3.8) is 0 Å². The Morgan fingerprint density at radius 1 is 1.45 bits per heavy atom. The number of amides is 2. The summed E-state index contributed by atoms with van der Waals surface area (Å²) >= 11 is 0. The second-order valence-corrected chi connectivity index (χ2v) is 6.15. The van der Waals surface area contributed by atoms with Crippen LogP contribution >= 0.6 is 12.4 Å². The normalized spacial score (nSPS) is 27.1. The molecular weight excluding hydrogens is 282 g/mol. The maximum absolute atomic E-state index is 12.0. The molecule has 20 heavy (non-hydrogen) atoms. The van der Waals surface area contributed by atoms with Crippen molar-refractivity contribution >= 4 is 24.2 Å². The largest absolute Gasteiger partial charge is 0.366 e. The standard InChI is InChI=1S/C13H23N3O3.ClH/c1-13(2,3)16-8-9(6-11(16)17)15-12(18)10-7-14-4-5-19-10;/h9-10,14H,4-8H2,1-3H3,(H,15,18);1H. The SMILES string of the molecule is CC(C)(C)N1CC(NC(=O)C2CNCCO2)CC1=O.Cl. The highest BCUT2D eigenvalue weighted by Gasteiger charge is 2.37. The number of morpholine rings is 1. The maximum atomic E-state index is 12.0. The Labute approximate surface area is 126 Å². The minimum atomic E-state index is -0.437. The first-order chi connectivity index (χ1) is 8.88. The zero-order valence-corrected chi connectivity index (χ0v) is 13.1. The van der Waals surface area contributed by atoms with Gasteiger partial charge in [0.25, 0.3) is 5.91 Å². The van der Waals surface area contributed by atoms with Gasteiger partial charge in [0.15, 0.2) is 0 Å². The molecule has 0 aromatic rings.